The Morgan fingerprint density at radius 1 is 1.64 bits per heavy atom. The predicted octanol–water partition coefficient (Wildman–Crippen LogP) is 0.607. The van der Waals surface area contributed by atoms with Crippen molar-refractivity contribution >= 4 is 5.69 Å². The fourth-order valence-electron chi connectivity index (χ4n) is 0.963. The molecule has 0 atom stereocenters. The molecule has 1 rings (SSSR count). The summed E-state index contributed by atoms with van der Waals surface area (Å²) < 4.78 is 5.32. The number of anilines is 1. The van der Waals surface area contributed by atoms with Gasteiger partial charge in [-0.1, -0.05) is 0 Å². The first-order valence-electron chi connectivity index (χ1n) is 4.58. The average Bonchev–Trinajstić information content (AvgIpc) is 2.12. The molecule has 1 aromatic rings. The van der Waals surface area contributed by atoms with E-state index in [0.29, 0.717) is 18.8 Å². The van der Waals surface area contributed by atoms with Crippen LogP contribution in [0.3, 0.4) is 0 Å². The molecule has 5 heteroatoms. The summed E-state index contributed by atoms with van der Waals surface area (Å²) in [7, 11) is 0. The lowest BCUT2D eigenvalue weighted by Crippen LogP contribution is -2.15. The molecule has 2 N–H and O–H groups in total. The molecule has 0 saturated carbocycles. The molecule has 0 unspecified atom stereocenters. The van der Waals surface area contributed by atoms with Gasteiger partial charge in [0.05, 0.1) is 24.6 Å². The van der Waals surface area contributed by atoms with Crippen molar-refractivity contribution < 1.29 is 4.74 Å². The zero-order valence-electron chi connectivity index (χ0n) is 8.41. The van der Waals surface area contributed by atoms with Crippen molar-refractivity contribution in [3.05, 3.63) is 22.6 Å². The van der Waals surface area contributed by atoms with Crippen LogP contribution in [0.5, 0.6) is 0 Å². The number of rotatable bonds is 5. The maximum atomic E-state index is 10.8. The molecule has 5 nitrogen and oxygen atoms in total. The molecular formula is C9H15N3O2. The first-order chi connectivity index (χ1) is 6.68. The van der Waals surface area contributed by atoms with Crippen LogP contribution in [-0.4, -0.2) is 29.5 Å². The van der Waals surface area contributed by atoms with E-state index < -0.39 is 0 Å². The Kier molecular flexibility index (Phi) is 4.12. The maximum Gasteiger partial charge on any atom is 0.266 e. The second-order valence-corrected chi connectivity index (χ2v) is 3.18. The van der Waals surface area contributed by atoms with Crippen LogP contribution in [0.1, 0.15) is 13.8 Å². The highest BCUT2D eigenvalue weighted by atomic mass is 16.5. The Labute approximate surface area is 82.5 Å². The minimum absolute atomic E-state index is 0.209. The molecule has 0 aliphatic carbocycles. The van der Waals surface area contributed by atoms with Crippen molar-refractivity contribution in [3.63, 3.8) is 0 Å². The standard InChI is InChI=1S/C9H15N3O2/c1-7(2)14-4-3-10-8-5-9(13)12-11-6-8/h5-7H,3-4H2,1-2H3,(H2,10,12,13). The number of hydrogen-bond acceptors (Lipinski definition) is 4. The highest BCUT2D eigenvalue weighted by molar-refractivity contribution is 5.38. The fraction of sp³-hybridized carbons (Fsp3) is 0.556. The predicted molar refractivity (Wildman–Crippen MR) is 54.4 cm³/mol. The second-order valence-electron chi connectivity index (χ2n) is 3.18. The van der Waals surface area contributed by atoms with E-state index in [1.165, 1.54) is 6.07 Å². The number of ether oxygens (including phenoxy) is 1. The Morgan fingerprint density at radius 3 is 3.07 bits per heavy atom. The molecule has 0 radical (unpaired) electrons. The molecule has 0 saturated heterocycles. The van der Waals surface area contributed by atoms with E-state index in [1.807, 2.05) is 13.8 Å². The maximum absolute atomic E-state index is 10.8. The number of nitrogens with one attached hydrogen (secondary N) is 2. The highest BCUT2D eigenvalue weighted by Gasteiger charge is 1.94. The molecule has 0 bridgehead atoms. The van der Waals surface area contributed by atoms with E-state index in [2.05, 4.69) is 15.5 Å². The minimum atomic E-state index is -0.209. The van der Waals surface area contributed by atoms with E-state index in [1.54, 1.807) is 6.20 Å². The summed E-state index contributed by atoms with van der Waals surface area (Å²) in [5.74, 6) is 0. The Morgan fingerprint density at radius 2 is 2.43 bits per heavy atom. The summed E-state index contributed by atoms with van der Waals surface area (Å²) in [6, 6.07) is 1.46. The van der Waals surface area contributed by atoms with Gasteiger partial charge in [-0.25, -0.2) is 5.10 Å². The first kappa shape index (κ1) is 10.7. The van der Waals surface area contributed by atoms with Crippen molar-refractivity contribution in [2.45, 2.75) is 20.0 Å². The Balaban J connectivity index is 2.28. The molecule has 0 fully saturated rings. The third kappa shape index (κ3) is 4.04. The third-order valence-electron chi connectivity index (χ3n) is 1.55. The van der Waals surface area contributed by atoms with Crippen LogP contribution in [0.15, 0.2) is 17.1 Å². The van der Waals surface area contributed by atoms with Gasteiger partial charge in [-0.2, -0.15) is 5.10 Å². The van der Waals surface area contributed by atoms with Gasteiger partial charge in [-0.15, -0.1) is 0 Å². The van der Waals surface area contributed by atoms with E-state index in [9.17, 15) is 4.79 Å². The monoisotopic (exact) mass is 197 g/mol. The molecular weight excluding hydrogens is 182 g/mol. The van der Waals surface area contributed by atoms with Crippen LogP contribution in [-0.2, 0) is 4.74 Å². The molecule has 0 spiro atoms. The molecule has 14 heavy (non-hydrogen) atoms. The van der Waals surface area contributed by atoms with Gasteiger partial charge in [-0.3, -0.25) is 4.79 Å². The first-order valence-corrected chi connectivity index (χ1v) is 4.58. The number of aromatic nitrogens is 2. The van der Waals surface area contributed by atoms with Crippen LogP contribution < -0.4 is 10.9 Å². The van der Waals surface area contributed by atoms with Crippen LogP contribution in [0.4, 0.5) is 5.69 Å². The molecule has 1 heterocycles. The zero-order valence-corrected chi connectivity index (χ0v) is 8.41. The van der Waals surface area contributed by atoms with E-state index in [-0.39, 0.29) is 11.7 Å². The van der Waals surface area contributed by atoms with Gasteiger partial charge < -0.3 is 10.1 Å². The number of H-pyrrole nitrogens is 1. The molecule has 0 aliphatic rings. The molecule has 78 valence electrons. The van der Waals surface area contributed by atoms with Crippen LogP contribution in [0.25, 0.3) is 0 Å². The lowest BCUT2D eigenvalue weighted by molar-refractivity contribution is 0.0870. The Hall–Kier alpha value is -1.36. The summed E-state index contributed by atoms with van der Waals surface area (Å²) in [5.41, 5.74) is 0.501. The van der Waals surface area contributed by atoms with Crippen molar-refractivity contribution in [2.24, 2.45) is 0 Å². The number of nitrogens with zero attached hydrogens (tertiary/aromatic N) is 1. The smallest absolute Gasteiger partial charge is 0.266 e. The van der Waals surface area contributed by atoms with Crippen molar-refractivity contribution in [1.82, 2.24) is 10.2 Å². The summed E-state index contributed by atoms with van der Waals surface area (Å²) in [5, 5.41) is 8.99. The molecule has 0 amide bonds. The van der Waals surface area contributed by atoms with Gasteiger partial charge in [0.25, 0.3) is 5.56 Å². The second kappa shape index (κ2) is 5.39. The Bertz CT molecular complexity index is 322. The number of hydrogen-bond donors (Lipinski definition) is 2. The summed E-state index contributed by atoms with van der Waals surface area (Å²) in [6.45, 7) is 5.25. The third-order valence-corrected chi connectivity index (χ3v) is 1.55. The largest absolute Gasteiger partial charge is 0.381 e. The molecule has 0 aromatic carbocycles. The molecule has 0 aliphatic heterocycles. The minimum Gasteiger partial charge on any atom is -0.381 e. The number of aromatic amines is 1. The van der Waals surface area contributed by atoms with Crippen molar-refractivity contribution in [2.75, 3.05) is 18.5 Å². The van der Waals surface area contributed by atoms with Gasteiger partial charge in [0.2, 0.25) is 0 Å². The average molecular weight is 197 g/mol. The fourth-order valence-corrected chi connectivity index (χ4v) is 0.963. The lowest BCUT2D eigenvalue weighted by atomic mass is 10.4. The topological polar surface area (TPSA) is 67.0 Å². The van der Waals surface area contributed by atoms with Crippen molar-refractivity contribution in [1.29, 1.82) is 0 Å². The molecule has 1 aromatic heterocycles. The summed E-state index contributed by atoms with van der Waals surface area (Å²) in [6.07, 6.45) is 1.80. The van der Waals surface area contributed by atoms with Crippen LogP contribution >= 0.6 is 0 Å². The van der Waals surface area contributed by atoms with Crippen LogP contribution in [0.2, 0.25) is 0 Å². The van der Waals surface area contributed by atoms with E-state index >= 15 is 0 Å². The van der Waals surface area contributed by atoms with Gasteiger partial charge in [0.1, 0.15) is 0 Å². The van der Waals surface area contributed by atoms with Gasteiger partial charge in [0.15, 0.2) is 0 Å². The highest BCUT2D eigenvalue weighted by Crippen LogP contribution is 1.97. The van der Waals surface area contributed by atoms with Gasteiger partial charge in [-0.05, 0) is 13.8 Å². The zero-order chi connectivity index (χ0) is 10.4. The lowest BCUT2D eigenvalue weighted by Gasteiger charge is -2.08. The van der Waals surface area contributed by atoms with Gasteiger partial charge in [0, 0.05) is 12.6 Å². The summed E-state index contributed by atoms with van der Waals surface area (Å²) >= 11 is 0. The van der Waals surface area contributed by atoms with E-state index in [0.717, 1.165) is 0 Å². The van der Waals surface area contributed by atoms with Gasteiger partial charge >= 0.3 is 0 Å². The SMILES string of the molecule is CC(C)OCCNc1cn[nH]c(=O)c1. The normalized spacial score (nSPS) is 10.5. The summed E-state index contributed by atoms with van der Waals surface area (Å²) in [4.78, 5) is 10.8. The van der Waals surface area contributed by atoms with E-state index in [4.69, 9.17) is 4.74 Å². The quantitative estimate of drug-likeness (QED) is 0.678. The van der Waals surface area contributed by atoms with Crippen molar-refractivity contribution in [3.8, 4) is 0 Å². The van der Waals surface area contributed by atoms with Crippen LogP contribution in [0, 0.1) is 0 Å².